The molecule has 2 N–H and O–H groups in total. The maximum absolute atomic E-state index is 12.6. The Morgan fingerprint density at radius 1 is 1.03 bits per heavy atom. The van der Waals surface area contributed by atoms with Crippen molar-refractivity contribution in [2.45, 2.75) is 27.2 Å². The van der Waals surface area contributed by atoms with Crippen molar-refractivity contribution >= 4 is 17.6 Å². The molecule has 6 heteroatoms. The van der Waals surface area contributed by atoms with Gasteiger partial charge in [-0.15, -0.1) is 0 Å². The molecule has 0 radical (unpaired) electrons. The van der Waals surface area contributed by atoms with Crippen molar-refractivity contribution in [2.24, 2.45) is 12.0 Å². The van der Waals surface area contributed by atoms with Gasteiger partial charge in [-0.25, -0.2) is 0 Å². The number of aliphatic imine (C=N–C) groups is 1. The molecule has 0 aliphatic heterocycles. The zero-order valence-electron chi connectivity index (χ0n) is 17.4. The van der Waals surface area contributed by atoms with Crippen molar-refractivity contribution in [3.8, 4) is 0 Å². The number of guanidine groups is 1. The van der Waals surface area contributed by atoms with Gasteiger partial charge in [0.2, 0.25) is 5.96 Å². The number of anilines is 1. The quantitative estimate of drug-likeness (QED) is 0.515. The number of nitrogens with one attached hydrogen (secondary N) is 2. The first-order valence-corrected chi connectivity index (χ1v) is 9.67. The standard InChI is InChI=1S/C23H27N5O/c1-16-10-12-20(13-11-16)25-23(26-22(29)19-8-6-5-7-9-19)24-15-14-21-17(2)27-28(4)18(21)3/h5-13H,14-15H2,1-4H3,(H2,24,25,26,29). The van der Waals surface area contributed by atoms with Crippen LogP contribution in [0.1, 0.15) is 32.9 Å². The minimum absolute atomic E-state index is 0.197. The lowest BCUT2D eigenvalue weighted by Crippen LogP contribution is -2.36. The van der Waals surface area contributed by atoms with Gasteiger partial charge in [-0.3, -0.25) is 19.8 Å². The Hall–Kier alpha value is -3.41. The van der Waals surface area contributed by atoms with E-state index < -0.39 is 0 Å². The van der Waals surface area contributed by atoms with E-state index in [0.717, 1.165) is 23.5 Å². The molecule has 1 amide bonds. The number of hydrogen-bond acceptors (Lipinski definition) is 3. The summed E-state index contributed by atoms with van der Waals surface area (Å²) in [4.78, 5) is 17.2. The van der Waals surface area contributed by atoms with Gasteiger partial charge in [0.05, 0.1) is 5.69 Å². The van der Waals surface area contributed by atoms with Crippen LogP contribution in [-0.2, 0) is 13.5 Å². The monoisotopic (exact) mass is 389 g/mol. The summed E-state index contributed by atoms with van der Waals surface area (Å²) in [5, 5.41) is 10.6. The third kappa shape index (κ3) is 5.31. The van der Waals surface area contributed by atoms with E-state index in [9.17, 15) is 4.79 Å². The number of carbonyl (C=O) groups excluding carboxylic acids is 1. The summed E-state index contributed by atoms with van der Waals surface area (Å²) < 4.78 is 1.89. The molecule has 6 nitrogen and oxygen atoms in total. The summed E-state index contributed by atoms with van der Waals surface area (Å²) in [6, 6.07) is 17.1. The topological polar surface area (TPSA) is 71.3 Å². The zero-order chi connectivity index (χ0) is 20.8. The average Bonchev–Trinajstić information content (AvgIpc) is 2.96. The predicted octanol–water partition coefficient (Wildman–Crippen LogP) is 3.79. The van der Waals surface area contributed by atoms with Crippen LogP contribution >= 0.6 is 0 Å². The van der Waals surface area contributed by atoms with E-state index >= 15 is 0 Å². The number of hydrogen-bond donors (Lipinski definition) is 2. The van der Waals surface area contributed by atoms with Crippen LogP contribution < -0.4 is 10.6 Å². The molecule has 0 fully saturated rings. The van der Waals surface area contributed by atoms with E-state index in [1.807, 2.05) is 68.0 Å². The summed E-state index contributed by atoms with van der Waals surface area (Å²) >= 11 is 0. The molecular weight excluding hydrogens is 362 g/mol. The first kappa shape index (κ1) is 20.3. The van der Waals surface area contributed by atoms with E-state index in [-0.39, 0.29) is 5.91 Å². The highest BCUT2D eigenvalue weighted by molar-refractivity contribution is 6.09. The molecule has 0 atom stereocenters. The minimum Gasteiger partial charge on any atom is -0.326 e. The zero-order valence-corrected chi connectivity index (χ0v) is 17.4. The van der Waals surface area contributed by atoms with E-state index in [4.69, 9.17) is 0 Å². The number of amides is 1. The Labute approximate surface area is 171 Å². The molecule has 3 aromatic rings. The number of carbonyl (C=O) groups is 1. The normalized spacial score (nSPS) is 11.4. The van der Waals surface area contributed by atoms with Gasteiger partial charge < -0.3 is 5.32 Å². The summed E-state index contributed by atoms with van der Waals surface area (Å²) in [7, 11) is 1.94. The van der Waals surface area contributed by atoms with Crippen molar-refractivity contribution in [3.05, 3.63) is 82.7 Å². The van der Waals surface area contributed by atoms with Gasteiger partial charge in [0.25, 0.3) is 5.91 Å². The Morgan fingerprint density at radius 3 is 2.34 bits per heavy atom. The number of aryl methyl sites for hydroxylation is 3. The van der Waals surface area contributed by atoms with Crippen molar-refractivity contribution in [1.29, 1.82) is 0 Å². The van der Waals surface area contributed by atoms with Gasteiger partial charge in [0.1, 0.15) is 0 Å². The molecule has 0 saturated carbocycles. The highest BCUT2D eigenvalue weighted by atomic mass is 16.1. The predicted molar refractivity (Wildman–Crippen MR) is 117 cm³/mol. The smallest absolute Gasteiger partial charge is 0.257 e. The average molecular weight is 390 g/mol. The van der Waals surface area contributed by atoms with Crippen LogP contribution in [0.3, 0.4) is 0 Å². The molecule has 1 heterocycles. The molecule has 1 aromatic heterocycles. The lowest BCUT2D eigenvalue weighted by molar-refractivity contribution is 0.0977. The van der Waals surface area contributed by atoms with E-state index in [2.05, 4.69) is 27.6 Å². The SMILES string of the molecule is Cc1ccc(NC(=NCCc2c(C)nn(C)c2C)NC(=O)c2ccccc2)cc1. The van der Waals surface area contributed by atoms with Crippen LogP contribution in [-0.4, -0.2) is 28.2 Å². The van der Waals surface area contributed by atoms with E-state index in [1.165, 1.54) is 11.1 Å². The molecule has 0 aliphatic rings. The van der Waals surface area contributed by atoms with Crippen LogP contribution in [0.2, 0.25) is 0 Å². The maximum atomic E-state index is 12.6. The minimum atomic E-state index is -0.197. The van der Waals surface area contributed by atoms with Gasteiger partial charge >= 0.3 is 0 Å². The number of rotatable bonds is 5. The van der Waals surface area contributed by atoms with Gasteiger partial charge in [-0.2, -0.15) is 5.10 Å². The van der Waals surface area contributed by atoms with Crippen molar-refractivity contribution in [3.63, 3.8) is 0 Å². The summed E-state index contributed by atoms with van der Waals surface area (Å²) in [6.07, 6.45) is 0.756. The summed E-state index contributed by atoms with van der Waals surface area (Å²) in [5.41, 5.74) is 5.98. The van der Waals surface area contributed by atoms with Crippen LogP contribution in [0.25, 0.3) is 0 Å². The second-order valence-electron chi connectivity index (χ2n) is 7.06. The summed E-state index contributed by atoms with van der Waals surface area (Å²) in [5.74, 6) is 0.236. The Bertz CT molecular complexity index is 1000. The second kappa shape index (κ2) is 9.19. The second-order valence-corrected chi connectivity index (χ2v) is 7.06. The molecule has 3 rings (SSSR count). The molecule has 2 aromatic carbocycles. The fourth-order valence-corrected chi connectivity index (χ4v) is 3.11. The first-order valence-electron chi connectivity index (χ1n) is 9.67. The van der Waals surface area contributed by atoms with Gasteiger partial charge in [0.15, 0.2) is 0 Å². The number of nitrogens with zero attached hydrogens (tertiary/aromatic N) is 3. The third-order valence-electron chi connectivity index (χ3n) is 4.87. The lowest BCUT2D eigenvalue weighted by atomic mass is 10.1. The van der Waals surface area contributed by atoms with Crippen LogP contribution in [0.15, 0.2) is 59.6 Å². The van der Waals surface area contributed by atoms with Gasteiger partial charge in [0, 0.05) is 30.5 Å². The highest BCUT2D eigenvalue weighted by Crippen LogP contribution is 2.13. The fourth-order valence-electron chi connectivity index (χ4n) is 3.11. The highest BCUT2D eigenvalue weighted by Gasteiger charge is 2.11. The molecular formula is C23H27N5O. The van der Waals surface area contributed by atoms with Crippen molar-refractivity contribution < 1.29 is 4.79 Å². The number of benzene rings is 2. The molecule has 0 saturated heterocycles. The maximum Gasteiger partial charge on any atom is 0.257 e. The van der Waals surface area contributed by atoms with E-state index in [1.54, 1.807) is 12.1 Å². The molecule has 150 valence electrons. The Morgan fingerprint density at radius 2 is 1.72 bits per heavy atom. The fraction of sp³-hybridized carbons (Fsp3) is 0.261. The van der Waals surface area contributed by atoms with Crippen LogP contribution in [0.5, 0.6) is 0 Å². The Kier molecular flexibility index (Phi) is 6.44. The van der Waals surface area contributed by atoms with Gasteiger partial charge in [-0.05, 0) is 57.0 Å². The van der Waals surface area contributed by atoms with E-state index in [0.29, 0.717) is 18.1 Å². The largest absolute Gasteiger partial charge is 0.326 e. The molecule has 0 bridgehead atoms. The summed E-state index contributed by atoms with van der Waals surface area (Å²) in [6.45, 7) is 6.64. The van der Waals surface area contributed by atoms with Crippen molar-refractivity contribution in [2.75, 3.05) is 11.9 Å². The van der Waals surface area contributed by atoms with Crippen LogP contribution in [0, 0.1) is 20.8 Å². The molecule has 29 heavy (non-hydrogen) atoms. The third-order valence-corrected chi connectivity index (χ3v) is 4.87. The van der Waals surface area contributed by atoms with Crippen molar-refractivity contribution in [1.82, 2.24) is 15.1 Å². The van der Waals surface area contributed by atoms with Crippen LogP contribution in [0.4, 0.5) is 5.69 Å². The lowest BCUT2D eigenvalue weighted by Gasteiger charge is -2.12. The molecule has 0 unspecified atom stereocenters. The first-order chi connectivity index (χ1) is 13.9. The molecule has 0 spiro atoms. The molecule has 0 aliphatic carbocycles. The Balaban J connectivity index is 1.76. The van der Waals surface area contributed by atoms with Gasteiger partial charge in [-0.1, -0.05) is 35.9 Å². The number of aromatic nitrogens is 2.